The molecule has 0 aliphatic heterocycles. The molecule has 0 aromatic heterocycles. The van der Waals surface area contributed by atoms with Gasteiger partial charge < -0.3 is 13.4 Å². The van der Waals surface area contributed by atoms with Gasteiger partial charge in [0.2, 0.25) is 16.8 Å². The van der Waals surface area contributed by atoms with E-state index in [9.17, 15) is 0 Å². The van der Waals surface area contributed by atoms with Gasteiger partial charge in [0.15, 0.2) is 0 Å². The summed E-state index contributed by atoms with van der Waals surface area (Å²) in [6, 6.07) is 0. The van der Waals surface area contributed by atoms with Gasteiger partial charge in [0, 0.05) is 0 Å². The van der Waals surface area contributed by atoms with Gasteiger partial charge >= 0.3 is 0 Å². The Labute approximate surface area is 181 Å². The molecule has 170 valence electrons. The zero-order valence-electron chi connectivity index (χ0n) is 21.9. The van der Waals surface area contributed by atoms with Crippen LogP contribution in [0, 0.1) is 0 Å². The molecule has 0 saturated heterocycles. The molecule has 0 atom stereocenters. The maximum absolute atomic E-state index is 3.25. The molecule has 0 fully saturated rings. The molecular weight excluding hydrogens is 374 g/mol. The minimum absolute atomic E-state index is 0.721. The Bertz CT molecular complexity index is 364. The molecule has 28 heavy (non-hydrogen) atoms. The van der Waals surface area contributed by atoms with Gasteiger partial charge in [0.1, 0.15) is 0 Å². The average molecular weight is 430 g/mol. The van der Waals surface area contributed by atoms with Crippen molar-refractivity contribution < 1.29 is 0 Å². The molecule has 0 aliphatic carbocycles. The van der Waals surface area contributed by atoms with E-state index >= 15 is 0 Å². The lowest BCUT2D eigenvalue weighted by molar-refractivity contribution is 0.325. The van der Waals surface area contributed by atoms with Crippen LogP contribution in [0.2, 0.25) is 22.2 Å². The Hall–Kier alpha value is 0.314. The van der Waals surface area contributed by atoms with E-state index in [1.807, 2.05) is 0 Å². The van der Waals surface area contributed by atoms with Crippen molar-refractivity contribution in [2.24, 2.45) is 0 Å². The summed E-state index contributed by atoms with van der Waals surface area (Å²) < 4.78 is 9.13. The number of nitrogens with zero attached hydrogens (tertiary/aromatic N) is 3. The normalized spacial score (nSPS) is 14.1. The highest BCUT2D eigenvalue weighted by molar-refractivity contribution is 6.92. The Morgan fingerprint density at radius 2 is 0.750 bits per heavy atom. The summed E-state index contributed by atoms with van der Waals surface area (Å²) in [6.45, 7) is 38.3. The number of hydrogen-bond acceptors (Lipinski definition) is 3. The van der Waals surface area contributed by atoms with Gasteiger partial charge in [-0.1, -0.05) is 90.0 Å². The van der Waals surface area contributed by atoms with Crippen LogP contribution in [-0.2, 0) is 0 Å². The molecule has 0 aromatic rings. The van der Waals surface area contributed by atoms with Crippen molar-refractivity contribution in [3.8, 4) is 0 Å². The first kappa shape index (κ1) is 28.3. The highest BCUT2D eigenvalue weighted by Crippen LogP contribution is 2.48. The first-order chi connectivity index (χ1) is 13.0. The van der Waals surface area contributed by atoms with E-state index in [1.165, 1.54) is 39.1 Å². The number of hydrogen-bond donors (Lipinski definition) is 0. The zero-order valence-corrected chi connectivity index (χ0v) is 23.9. The first-order valence-electron chi connectivity index (χ1n) is 12.3. The van der Waals surface area contributed by atoms with Crippen LogP contribution in [0.5, 0.6) is 0 Å². The van der Waals surface area contributed by atoms with Crippen LogP contribution in [0.4, 0.5) is 0 Å². The quantitative estimate of drug-likeness (QED) is 0.278. The molecule has 0 N–H and O–H groups in total. The van der Waals surface area contributed by atoms with E-state index in [-0.39, 0.29) is 0 Å². The average Bonchev–Trinajstić information content (AvgIpc) is 2.61. The molecule has 0 saturated carbocycles. The van der Waals surface area contributed by atoms with Gasteiger partial charge in [0.25, 0.3) is 0 Å². The largest absolute Gasteiger partial charge is 0.320 e. The van der Waals surface area contributed by atoms with E-state index in [2.05, 4.69) is 103 Å². The van der Waals surface area contributed by atoms with E-state index in [0.717, 1.165) is 22.2 Å². The van der Waals surface area contributed by atoms with E-state index in [0.29, 0.717) is 0 Å². The molecule has 0 unspecified atom stereocenters. The molecule has 0 aliphatic rings. The lowest BCUT2D eigenvalue weighted by Crippen LogP contribution is -2.82. The highest BCUT2D eigenvalue weighted by Gasteiger charge is 2.61. The third-order valence-electron chi connectivity index (χ3n) is 7.25. The fraction of sp³-hybridized carbons (Fsp3) is 1.00. The van der Waals surface area contributed by atoms with Crippen molar-refractivity contribution in [3.63, 3.8) is 0 Å². The minimum Gasteiger partial charge on any atom is -0.320 e. The summed E-state index contributed by atoms with van der Waals surface area (Å²) in [7, 11) is -3.80. The predicted molar refractivity (Wildman–Crippen MR) is 135 cm³/mol. The first-order valence-corrected chi connectivity index (χ1v) is 16.4. The Balaban J connectivity index is 7.23. The van der Waals surface area contributed by atoms with E-state index in [1.54, 1.807) is 0 Å². The van der Waals surface area contributed by atoms with Crippen molar-refractivity contribution in [1.82, 2.24) is 13.4 Å². The van der Waals surface area contributed by atoms with Gasteiger partial charge in [-0.3, -0.25) is 0 Å². The summed E-state index contributed by atoms with van der Waals surface area (Å²) in [6.07, 6.45) is 1.25. The van der Waals surface area contributed by atoms with Crippen LogP contribution in [0.25, 0.3) is 0 Å². The number of rotatable bonds is 14. The standard InChI is InChI=1S/C23H55N3Si2/c1-14-19-26(27(20(6)7,21(8)9)24(15-2)16-3)28(22(10)11,23(12)13)25(17-4)18-5/h20-23H,14-19H2,1-13H3. The van der Waals surface area contributed by atoms with Crippen LogP contribution in [0.3, 0.4) is 0 Å². The maximum atomic E-state index is 3.25. The van der Waals surface area contributed by atoms with Crippen molar-refractivity contribution in [3.05, 3.63) is 0 Å². The fourth-order valence-corrected chi connectivity index (χ4v) is 24.9. The summed E-state index contributed by atoms with van der Waals surface area (Å²) in [5.41, 5.74) is 2.88. The molecule has 3 nitrogen and oxygen atoms in total. The van der Waals surface area contributed by atoms with E-state index in [4.69, 9.17) is 0 Å². The molecule has 0 aromatic carbocycles. The van der Waals surface area contributed by atoms with Gasteiger partial charge in [-0.25, -0.2) is 0 Å². The Morgan fingerprint density at radius 3 is 0.893 bits per heavy atom. The van der Waals surface area contributed by atoms with Gasteiger partial charge in [-0.05, 0) is 61.3 Å². The molecule has 5 heteroatoms. The molecule has 0 bridgehead atoms. The van der Waals surface area contributed by atoms with Crippen LogP contribution in [0.1, 0.15) is 96.4 Å². The Kier molecular flexibility index (Phi) is 12.4. The third-order valence-corrected chi connectivity index (χ3v) is 21.7. The molecular formula is C23H55N3Si2. The molecule has 0 rings (SSSR count). The Morgan fingerprint density at radius 1 is 0.500 bits per heavy atom. The zero-order chi connectivity index (χ0) is 22.3. The van der Waals surface area contributed by atoms with Gasteiger partial charge in [-0.2, -0.15) is 0 Å². The second kappa shape index (κ2) is 12.2. The van der Waals surface area contributed by atoms with Crippen LogP contribution >= 0.6 is 0 Å². The summed E-state index contributed by atoms with van der Waals surface area (Å²) in [5.74, 6) is 0. The molecule has 0 amide bonds. The van der Waals surface area contributed by atoms with Crippen LogP contribution in [0.15, 0.2) is 0 Å². The van der Waals surface area contributed by atoms with E-state index < -0.39 is 16.8 Å². The minimum atomic E-state index is -1.90. The topological polar surface area (TPSA) is 9.72 Å². The summed E-state index contributed by atoms with van der Waals surface area (Å²) >= 11 is 0. The molecule has 0 radical (unpaired) electrons. The summed E-state index contributed by atoms with van der Waals surface area (Å²) in [5, 5.41) is 0. The molecule has 0 heterocycles. The second-order valence-electron chi connectivity index (χ2n) is 9.68. The second-order valence-corrected chi connectivity index (χ2v) is 20.2. The smallest absolute Gasteiger partial charge is 0.206 e. The van der Waals surface area contributed by atoms with Crippen molar-refractivity contribution in [2.45, 2.75) is 119 Å². The van der Waals surface area contributed by atoms with Crippen LogP contribution in [-0.4, -0.2) is 62.9 Å². The summed E-state index contributed by atoms with van der Waals surface area (Å²) in [4.78, 5) is 0. The predicted octanol–water partition coefficient (Wildman–Crippen LogP) is 6.91. The van der Waals surface area contributed by atoms with Gasteiger partial charge in [-0.15, -0.1) is 0 Å². The maximum Gasteiger partial charge on any atom is 0.206 e. The lowest BCUT2D eigenvalue weighted by Gasteiger charge is -2.64. The van der Waals surface area contributed by atoms with Crippen molar-refractivity contribution >= 4 is 16.8 Å². The highest BCUT2D eigenvalue weighted by atomic mass is 28.4. The fourth-order valence-electron chi connectivity index (χ4n) is 6.71. The molecule has 0 spiro atoms. The van der Waals surface area contributed by atoms with Crippen LogP contribution < -0.4 is 0 Å². The van der Waals surface area contributed by atoms with Gasteiger partial charge in [0.05, 0.1) is 0 Å². The monoisotopic (exact) mass is 429 g/mol. The SMILES string of the molecule is CCCN([Si](C(C)C)(C(C)C)N(CC)CC)[Si](C(C)C)(C(C)C)N(CC)CC. The lowest BCUT2D eigenvalue weighted by atomic mass is 10.5. The van der Waals surface area contributed by atoms with Crippen molar-refractivity contribution in [2.75, 3.05) is 32.7 Å². The third kappa shape index (κ3) is 4.79. The van der Waals surface area contributed by atoms with Crippen molar-refractivity contribution in [1.29, 1.82) is 0 Å².